The highest BCUT2D eigenvalue weighted by molar-refractivity contribution is 7.99. The molecule has 2 aromatic rings. The third-order valence-electron chi connectivity index (χ3n) is 6.32. The Kier molecular flexibility index (Phi) is 5.66. The van der Waals surface area contributed by atoms with Gasteiger partial charge in [0.05, 0.1) is 23.8 Å². The third kappa shape index (κ3) is 3.93. The van der Waals surface area contributed by atoms with Crippen LogP contribution in [0.4, 0.5) is 10.2 Å². The minimum absolute atomic E-state index is 0.0355. The second-order valence-electron chi connectivity index (χ2n) is 8.09. The highest BCUT2D eigenvalue weighted by Gasteiger charge is 2.36. The first kappa shape index (κ1) is 19.8. The van der Waals surface area contributed by atoms with E-state index in [4.69, 9.17) is 0 Å². The molecular formula is C21H27FN6OS. The molecule has 0 bridgehead atoms. The fraction of sp³-hybridized carbons (Fsp3) is 0.524. The van der Waals surface area contributed by atoms with Crippen LogP contribution in [0.5, 0.6) is 0 Å². The molecule has 3 fully saturated rings. The normalized spacial score (nSPS) is 25.2. The lowest BCUT2D eigenvalue weighted by atomic mass is 10.1. The Morgan fingerprint density at radius 2 is 1.90 bits per heavy atom. The van der Waals surface area contributed by atoms with Gasteiger partial charge in [0.25, 0.3) is 0 Å². The molecule has 30 heavy (non-hydrogen) atoms. The summed E-state index contributed by atoms with van der Waals surface area (Å²) in [4.78, 5) is 19.5. The monoisotopic (exact) mass is 430 g/mol. The quantitative estimate of drug-likeness (QED) is 0.792. The molecule has 160 valence electrons. The predicted octanol–water partition coefficient (Wildman–Crippen LogP) is 1.40. The average Bonchev–Trinajstić information content (AvgIpc) is 3.56. The molecule has 9 heteroatoms. The summed E-state index contributed by atoms with van der Waals surface area (Å²) in [7, 11) is 0. The number of amides is 1. The molecule has 0 aliphatic carbocycles. The van der Waals surface area contributed by atoms with E-state index in [1.807, 2.05) is 27.4 Å². The third-order valence-corrected chi connectivity index (χ3v) is 7.28. The van der Waals surface area contributed by atoms with E-state index in [2.05, 4.69) is 20.2 Å². The number of rotatable bonds is 4. The lowest BCUT2D eigenvalue weighted by molar-refractivity contribution is -0.131. The first-order valence-corrected chi connectivity index (χ1v) is 11.7. The van der Waals surface area contributed by atoms with Crippen molar-refractivity contribution in [3.05, 3.63) is 42.3 Å². The molecule has 0 saturated carbocycles. The molecule has 0 radical (unpaired) electrons. The van der Waals surface area contributed by atoms with E-state index in [9.17, 15) is 9.18 Å². The minimum atomic E-state index is -0.244. The van der Waals surface area contributed by atoms with Crippen LogP contribution in [0.15, 0.2) is 36.5 Å². The van der Waals surface area contributed by atoms with Crippen LogP contribution in [-0.2, 0) is 4.79 Å². The summed E-state index contributed by atoms with van der Waals surface area (Å²) in [5, 5.41) is 7.89. The largest absolute Gasteiger partial charge is 0.354 e. The SMILES string of the molecule is O=C([C@@H]1C[C@H](N2CCN(c3ccnn3-c3ccc(F)cc3)CC2)CN1)N1CCSC1. The second-order valence-corrected chi connectivity index (χ2v) is 9.16. The molecule has 7 nitrogen and oxygen atoms in total. The van der Waals surface area contributed by atoms with Crippen LogP contribution in [0.25, 0.3) is 5.69 Å². The smallest absolute Gasteiger partial charge is 0.240 e. The Morgan fingerprint density at radius 1 is 1.10 bits per heavy atom. The van der Waals surface area contributed by atoms with Crippen molar-refractivity contribution in [3.63, 3.8) is 0 Å². The number of carbonyl (C=O) groups is 1. The van der Waals surface area contributed by atoms with Gasteiger partial charge in [-0.05, 0) is 30.7 Å². The van der Waals surface area contributed by atoms with Crippen molar-refractivity contribution in [1.29, 1.82) is 0 Å². The van der Waals surface area contributed by atoms with Crippen molar-refractivity contribution in [2.45, 2.75) is 18.5 Å². The van der Waals surface area contributed by atoms with E-state index in [0.717, 1.165) is 68.8 Å². The first-order chi connectivity index (χ1) is 14.7. The number of halogens is 1. The molecule has 3 aliphatic heterocycles. The molecular weight excluding hydrogens is 403 g/mol. The number of hydrogen-bond acceptors (Lipinski definition) is 6. The van der Waals surface area contributed by atoms with Gasteiger partial charge < -0.3 is 15.1 Å². The summed E-state index contributed by atoms with van der Waals surface area (Å²) in [5.74, 6) is 2.95. The van der Waals surface area contributed by atoms with Gasteiger partial charge in [-0.3, -0.25) is 9.69 Å². The maximum Gasteiger partial charge on any atom is 0.240 e. The van der Waals surface area contributed by atoms with Gasteiger partial charge >= 0.3 is 0 Å². The van der Waals surface area contributed by atoms with Gasteiger partial charge in [0.15, 0.2) is 0 Å². The van der Waals surface area contributed by atoms with Crippen LogP contribution in [0.3, 0.4) is 0 Å². The van der Waals surface area contributed by atoms with E-state index < -0.39 is 0 Å². The van der Waals surface area contributed by atoms with Crippen molar-refractivity contribution in [2.75, 3.05) is 55.8 Å². The summed E-state index contributed by atoms with van der Waals surface area (Å²) in [6.07, 6.45) is 2.69. The minimum Gasteiger partial charge on any atom is -0.354 e. The molecule has 1 N–H and O–H groups in total. The topological polar surface area (TPSA) is 56.6 Å². The molecule has 1 amide bonds. The number of aromatic nitrogens is 2. The van der Waals surface area contributed by atoms with Crippen LogP contribution in [0, 0.1) is 5.82 Å². The number of thioether (sulfide) groups is 1. The van der Waals surface area contributed by atoms with Gasteiger partial charge in [0, 0.05) is 57.1 Å². The van der Waals surface area contributed by atoms with Crippen LogP contribution >= 0.6 is 11.8 Å². The van der Waals surface area contributed by atoms with E-state index in [1.54, 1.807) is 18.3 Å². The number of hydrogen-bond donors (Lipinski definition) is 1. The molecule has 4 heterocycles. The van der Waals surface area contributed by atoms with Crippen LogP contribution in [-0.4, -0.2) is 88.5 Å². The van der Waals surface area contributed by atoms with Crippen LogP contribution in [0.1, 0.15) is 6.42 Å². The lowest BCUT2D eigenvalue weighted by Gasteiger charge is -2.38. The first-order valence-electron chi connectivity index (χ1n) is 10.6. The Labute approximate surface area is 180 Å². The Balaban J connectivity index is 1.18. The molecule has 1 aromatic carbocycles. The maximum atomic E-state index is 13.3. The standard InChI is InChI=1S/C21H27FN6OS/c22-16-1-3-17(4-2-16)28-20(5-6-24-28)26-9-7-25(8-10-26)18-13-19(23-14-18)21(29)27-11-12-30-15-27/h1-6,18-19,23H,7-15H2/t18-,19-/m0/s1. The van der Waals surface area contributed by atoms with Crippen molar-refractivity contribution < 1.29 is 9.18 Å². The average molecular weight is 431 g/mol. The summed E-state index contributed by atoms with van der Waals surface area (Å²) < 4.78 is 15.1. The van der Waals surface area contributed by atoms with Gasteiger partial charge in [0.1, 0.15) is 11.6 Å². The molecule has 1 aromatic heterocycles. The number of piperazine rings is 1. The van der Waals surface area contributed by atoms with Gasteiger partial charge in [-0.1, -0.05) is 0 Å². The number of carbonyl (C=O) groups excluding carboxylic acids is 1. The van der Waals surface area contributed by atoms with Gasteiger partial charge in [-0.15, -0.1) is 11.8 Å². The second kappa shape index (κ2) is 8.56. The lowest BCUT2D eigenvalue weighted by Crippen LogP contribution is -2.51. The summed E-state index contributed by atoms with van der Waals surface area (Å²) >= 11 is 1.83. The zero-order valence-electron chi connectivity index (χ0n) is 16.9. The molecule has 0 spiro atoms. The number of anilines is 1. The van der Waals surface area contributed by atoms with Crippen LogP contribution in [0.2, 0.25) is 0 Å². The molecule has 2 atom stereocenters. The van der Waals surface area contributed by atoms with E-state index >= 15 is 0 Å². The summed E-state index contributed by atoms with van der Waals surface area (Å²) in [6.45, 7) is 5.50. The molecule has 0 unspecified atom stereocenters. The zero-order chi connectivity index (χ0) is 20.5. The van der Waals surface area contributed by atoms with Gasteiger partial charge in [-0.25, -0.2) is 9.07 Å². The van der Waals surface area contributed by atoms with Gasteiger partial charge in [0.2, 0.25) is 5.91 Å². The number of nitrogens with one attached hydrogen (secondary N) is 1. The van der Waals surface area contributed by atoms with Crippen LogP contribution < -0.4 is 10.2 Å². The fourth-order valence-electron chi connectivity index (χ4n) is 4.62. The van der Waals surface area contributed by atoms with Gasteiger partial charge in [-0.2, -0.15) is 5.10 Å². The maximum absolute atomic E-state index is 13.3. The van der Waals surface area contributed by atoms with Crippen molar-refractivity contribution in [3.8, 4) is 5.69 Å². The Hall–Kier alpha value is -2.10. The highest BCUT2D eigenvalue weighted by Crippen LogP contribution is 2.24. The molecule has 3 saturated heterocycles. The molecule has 3 aliphatic rings. The summed E-state index contributed by atoms with van der Waals surface area (Å²) in [5.41, 5.74) is 0.861. The van der Waals surface area contributed by atoms with E-state index in [0.29, 0.717) is 6.04 Å². The fourth-order valence-corrected chi connectivity index (χ4v) is 5.58. The Bertz CT molecular complexity index is 876. The zero-order valence-corrected chi connectivity index (χ0v) is 17.7. The summed E-state index contributed by atoms with van der Waals surface area (Å²) in [6, 6.07) is 8.82. The van der Waals surface area contributed by atoms with Crippen molar-refractivity contribution in [1.82, 2.24) is 24.9 Å². The van der Waals surface area contributed by atoms with E-state index in [-0.39, 0.29) is 17.8 Å². The van der Waals surface area contributed by atoms with Crippen molar-refractivity contribution in [2.24, 2.45) is 0 Å². The van der Waals surface area contributed by atoms with E-state index in [1.165, 1.54) is 12.1 Å². The predicted molar refractivity (Wildman–Crippen MR) is 117 cm³/mol. The Morgan fingerprint density at radius 3 is 2.63 bits per heavy atom. The highest BCUT2D eigenvalue weighted by atomic mass is 32.2. The molecule has 5 rings (SSSR count). The van der Waals surface area contributed by atoms with Crippen molar-refractivity contribution >= 4 is 23.5 Å². The number of benzene rings is 1. The number of nitrogens with zero attached hydrogens (tertiary/aromatic N) is 5.